The number of rotatable bonds is 6. The van der Waals surface area contributed by atoms with Gasteiger partial charge in [0.15, 0.2) is 0 Å². The van der Waals surface area contributed by atoms with Gasteiger partial charge in [-0.25, -0.2) is 0 Å². The first-order valence-electron chi connectivity index (χ1n) is 6.06. The highest BCUT2D eigenvalue weighted by molar-refractivity contribution is 7.18. The van der Waals surface area contributed by atoms with Gasteiger partial charge in [-0.15, -0.1) is 10.2 Å². The fourth-order valence-corrected chi connectivity index (χ4v) is 2.59. The number of carbonyl (C=O) groups is 1. The average molecular weight is 277 g/mol. The molecule has 1 aromatic heterocycles. The largest absolute Gasteiger partial charge is 0.480 e. The Bertz CT molecular complexity index is 542. The highest BCUT2D eigenvalue weighted by Gasteiger charge is 2.15. The zero-order valence-corrected chi connectivity index (χ0v) is 11.4. The molecule has 0 radical (unpaired) electrons. The van der Waals surface area contributed by atoms with E-state index in [0.717, 1.165) is 17.0 Å². The number of carboxylic acid groups (broad SMARTS) is 1. The molecule has 0 aliphatic heterocycles. The van der Waals surface area contributed by atoms with E-state index >= 15 is 0 Å². The highest BCUT2D eigenvalue weighted by Crippen LogP contribution is 2.28. The van der Waals surface area contributed by atoms with E-state index < -0.39 is 5.97 Å². The van der Waals surface area contributed by atoms with Crippen molar-refractivity contribution in [3.63, 3.8) is 0 Å². The van der Waals surface area contributed by atoms with E-state index in [2.05, 4.69) is 10.2 Å². The van der Waals surface area contributed by atoms with Crippen LogP contribution in [0.4, 0.5) is 5.13 Å². The fraction of sp³-hybridized carbons (Fsp3) is 0.308. The Morgan fingerprint density at radius 1 is 1.32 bits per heavy atom. The van der Waals surface area contributed by atoms with Gasteiger partial charge in [0.05, 0.1) is 0 Å². The molecule has 2 rings (SSSR count). The third kappa shape index (κ3) is 3.51. The molecule has 19 heavy (non-hydrogen) atoms. The minimum atomic E-state index is -0.857. The van der Waals surface area contributed by atoms with Crippen molar-refractivity contribution >= 4 is 22.4 Å². The summed E-state index contributed by atoms with van der Waals surface area (Å²) in [6.45, 7) is 2.63. The summed E-state index contributed by atoms with van der Waals surface area (Å²) in [7, 11) is 0. The molecule has 2 aromatic rings. The molecule has 0 fully saturated rings. The minimum absolute atomic E-state index is 0.0444. The van der Waals surface area contributed by atoms with Crippen LogP contribution in [0.5, 0.6) is 0 Å². The van der Waals surface area contributed by atoms with Crippen molar-refractivity contribution < 1.29 is 9.90 Å². The lowest BCUT2D eigenvalue weighted by atomic mass is 10.2. The highest BCUT2D eigenvalue weighted by atomic mass is 32.1. The molecule has 6 heteroatoms. The average Bonchev–Trinajstić information content (AvgIpc) is 2.88. The number of aliphatic carboxylic acids is 1. The second-order valence-electron chi connectivity index (χ2n) is 4.07. The van der Waals surface area contributed by atoms with Crippen LogP contribution in [0.3, 0.4) is 0 Å². The zero-order valence-electron chi connectivity index (χ0n) is 10.6. The standard InChI is InChI=1S/C13H15N3O2S/c1-2-8-16(9-11(17)18)13-15-14-12(19-13)10-6-4-3-5-7-10/h3-7H,2,8-9H2,1H3,(H,17,18). The number of carboxylic acids is 1. The number of anilines is 1. The van der Waals surface area contributed by atoms with E-state index in [1.165, 1.54) is 11.3 Å². The van der Waals surface area contributed by atoms with Gasteiger partial charge in [0, 0.05) is 12.1 Å². The normalized spacial score (nSPS) is 10.4. The molecule has 0 amide bonds. The molecule has 0 saturated carbocycles. The van der Waals surface area contributed by atoms with Crippen LogP contribution >= 0.6 is 11.3 Å². The summed E-state index contributed by atoms with van der Waals surface area (Å²) in [4.78, 5) is 12.6. The van der Waals surface area contributed by atoms with Gasteiger partial charge in [-0.3, -0.25) is 4.79 Å². The molecular weight excluding hydrogens is 262 g/mol. The summed E-state index contributed by atoms with van der Waals surface area (Å²) >= 11 is 1.42. The predicted molar refractivity (Wildman–Crippen MR) is 75.5 cm³/mol. The number of hydrogen-bond acceptors (Lipinski definition) is 5. The Morgan fingerprint density at radius 2 is 2.05 bits per heavy atom. The van der Waals surface area contributed by atoms with Gasteiger partial charge < -0.3 is 10.0 Å². The lowest BCUT2D eigenvalue weighted by molar-refractivity contribution is -0.135. The fourth-order valence-electron chi connectivity index (χ4n) is 1.72. The molecule has 0 unspecified atom stereocenters. The smallest absolute Gasteiger partial charge is 0.323 e. The van der Waals surface area contributed by atoms with Crippen molar-refractivity contribution in [3.8, 4) is 10.6 Å². The lowest BCUT2D eigenvalue weighted by Crippen LogP contribution is -2.30. The molecule has 0 aliphatic rings. The van der Waals surface area contributed by atoms with E-state index in [1.54, 1.807) is 4.90 Å². The molecule has 5 nitrogen and oxygen atoms in total. The molecule has 100 valence electrons. The summed E-state index contributed by atoms with van der Waals surface area (Å²) < 4.78 is 0. The third-order valence-corrected chi connectivity index (χ3v) is 3.56. The van der Waals surface area contributed by atoms with Crippen LogP contribution in [-0.2, 0) is 4.79 Å². The monoisotopic (exact) mass is 277 g/mol. The first kappa shape index (κ1) is 13.5. The summed E-state index contributed by atoms with van der Waals surface area (Å²) in [5.74, 6) is -0.857. The third-order valence-electron chi connectivity index (χ3n) is 2.53. The maximum absolute atomic E-state index is 10.8. The number of aromatic nitrogens is 2. The van der Waals surface area contributed by atoms with E-state index in [0.29, 0.717) is 11.7 Å². The first-order valence-corrected chi connectivity index (χ1v) is 6.88. The summed E-state index contributed by atoms with van der Waals surface area (Å²) in [6, 6.07) is 9.76. The van der Waals surface area contributed by atoms with Gasteiger partial charge in [-0.1, -0.05) is 48.6 Å². The van der Waals surface area contributed by atoms with Gasteiger partial charge in [0.1, 0.15) is 11.6 Å². The predicted octanol–water partition coefficient (Wildman–Crippen LogP) is 2.51. The molecular formula is C13H15N3O2S. The van der Waals surface area contributed by atoms with Crippen molar-refractivity contribution in [2.45, 2.75) is 13.3 Å². The molecule has 1 N–H and O–H groups in total. The number of hydrogen-bond donors (Lipinski definition) is 1. The molecule has 0 spiro atoms. The van der Waals surface area contributed by atoms with Crippen LogP contribution in [0.2, 0.25) is 0 Å². The summed E-state index contributed by atoms with van der Waals surface area (Å²) in [5.41, 5.74) is 0.998. The Hall–Kier alpha value is -1.95. The zero-order chi connectivity index (χ0) is 13.7. The van der Waals surface area contributed by atoms with E-state index in [4.69, 9.17) is 5.11 Å². The summed E-state index contributed by atoms with van der Waals surface area (Å²) in [6.07, 6.45) is 0.869. The maximum atomic E-state index is 10.8. The van der Waals surface area contributed by atoms with Gasteiger partial charge in [-0.05, 0) is 6.42 Å². The number of nitrogens with zero attached hydrogens (tertiary/aromatic N) is 3. The SMILES string of the molecule is CCCN(CC(=O)O)c1nnc(-c2ccccc2)s1. The van der Waals surface area contributed by atoms with E-state index in [9.17, 15) is 4.79 Å². The lowest BCUT2D eigenvalue weighted by Gasteiger charge is -2.17. The van der Waals surface area contributed by atoms with E-state index in [-0.39, 0.29) is 6.54 Å². The minimum Gasteiger partial charge on any atom is -0.480 e. The van der Waals surface area contributed by atoms with Crippen molar-refractivity contribution in [2.75, 3.05) is 18.0 Å². The second-order valence-corrected chi connectivity index (χ2v) is 5.03. The van der Waals surface area contributed by atoms with Gasteiger partial charge >= 0.3 is 5.97 Å². The van der Waals surface area contributed by atoms with Gasteiger partial charge in [0.2, 0.25) is 5.13 Å². The quantitative estimate of drug-likeness (QED) is 0.878. The van der Waals surface area contributed by atoms with Crippen molar-refractivity contribution in [1.82, 2.24) is 10.2 Å². The molecule has 1 heterocycles. The molecule has 0 atom stereocenters. The topological polar surface area (TPSA) is 66.3 Å². The molecule has 0 saturated heterocycles. The van der Waals surface area contributed by atoms with Crippen LogP contribution in [0.1, 0.15) is 13.3 Å². The first-order chi connectivity index (χ1) is 9.20. The van der Waals surface area contributed by atoms with E-state index in [1.807, 2.05) is 37.3 Å². The van der Waals surface area contributed by atoms with Crippen LogP contribution in [0.15, 0.2) is 30.3 Å². The summed E-state index contributed by atoms with van der Waals surface area (Å²) in [5, 5.41) is 18.6. The maximum Gasteiger partial charge on any atom is 0.323 e. The van der Waals surface area contributed by atoms with Crippen molar-refractivity contribution in [3.05, 3.63) is 30.3 Å². The molecule has 0 aliphatic carbocycles. The van der Waals surface area contributed by atoms with Gasteiger partial charge in [-0.2, -0.15) is 0 Å². The Labute approximate surface area is 115 Å². The molecule has 1 aromatic carbocycles. The van der Waals surface area contributed by atoms with Crippen LogP contribution in [-0.4, -0.2) is 34.4 Å². The number of benzene rings is 1. The molecule has 0 bridgehead atoms. The van der Waals surface area contributed by atoms with Crippen LogP contribution in [0, 0.1) is 0 Å². The Kier molecular flexibility index (Phi) is 4.46. The second kappa shape index (κ2) is 6.29. The Balaban J connectivity index is 2.21. The van der Waals surface area contributed by atoms with Crippen LogP contribution in [0.25, 0.3) is 10.6 Å². The van der Waals surface area contributed by atoms with Crippen molar-refractivity contribution in [2.24, 2.45) is 0 Å². The Morgan fingerprint density at radius 3 is 2.68 bits per heavy atom. The van der Waals surface area contributed by atoms with Crippen LogP contribution < -0.4 is 4.90 Å². The van der Waals surface area contributed by atoms with Gasteiger partial charge in [0.25, 0.3) is 0 Å². The van der Waals surface area contributed by atoms with Crippen molar-refractivity contribution in [1.29, 1.82) is 0 Å².